The molecule has 0 saturated heterocycles. The molecule has 0 spiro atoms. The summed E-state index contributed by atoms with van der Waals surface area (Å²) >= 11 is 0. The summed E-state index contributed by atoms with van der Waals surface area (Å²) in [5, 5.41) is 0. The van der Waals surface area contributed by atoms with Crippen LogP contribution in [0, 0.1) is 0 Å². The third-order valence-electron chi connectivity index (χ3n) is 1.44. The van der Waals surface area contributed by atoms with Crippen molar-refractivity contribution in [2.75, 3.05) is 0 Å². The van der Waals surface area contributed by atoms with E-state index in [0.717, 1.165) is 16.7 Å². The number of rotatable bonds is 3. The van der Waals surface area contributed by atoms with Crippen LogP contribution in [0.1, 0.15) is 13.8 Å². The van der Waals surface area contributed by atoms with Crippen LogP contribution in [0.4, 0.5) is 0 Å². The third-order valence-corrected chi connectivity index (χ3v) is 1.44. The molecule has 0 rings (SSSR count). The molecule has 0 aliphatic rings. The van der Waals surface area contributed by atoms with Gasteiger partial charge in [0.25, 0.3) is 0 Å². The summed E-state index contributed by atoms with van der Waals surface area (Å²) in [4.78, 5) is 0. The average Bonchev–Trinajstić information content (AvgIpc) is 1.98. The Morgan fingerprint density at radius 1 is 1.25 bits per heavy atom. The lowest BCUT2D eigenvalue weighted by Crippen LogP contribution is -2.00. The highest BCUT2D eigenvalue weighted by Gasteiger charge is 1.98. The minimum absolute atomic E-state index is 0.517. The largest absolute Gasteiger partial charge is 0.404 e. The molecule has 66 valence electrons. The Labute approximate surface area is 73.9 Å². The van der Waals surface area contributed by atoms with Gasteiger partial charge in [0.1, 0.15) is 0 Å². The van der Waals surface area contributed by atoms with Crippen molar-refractivity contribution < 1.29 is 0 Å². The smallest absolute Gasteiger partial charge is 0.0317 e. The van der Waals surface area contributed by atoms with E-state index in [1.165, 1.54) is 6.20 Å². The summed E-state index contributed by atoms with van der Waals surface area (Å²) in [6.45, 7) is 11.2. The van der Waals surface area contributed by atoms with Gasteiger partial charge in [-0.05, 0) is 42.8 Å². The second-order valence-electron chi connectivity index (χ2n) is 2.77. The van der Waals surface area contributed by atoms with Crippen molar-refractivity contribution >= 4 is 0 Å². The first-order valence-electron chi connectivity index (χ1n) is 3.70. The Morgan fingerprint density at radius 3 is 2.00 bits per heavy atom. The summed E-state index contributed by atoms with van der Waals surface area (Å²) in [7, 11) is 0. The van der Waals surface area contributed by atoms with Gasteiger partial charge in [0, 0.05) is 5.70 Å². The third kappa shape index (κ3) is 3.10. The second kappa shape index (κ2) is 4.44. The van der Waals surface area contributed by atoms with E-state index >= 15 is 0 Å². The molecule has 12 heavy (non-hydrogen) atoms. The first-order chi connectivity index (χ1) is 5.49. The lowest BCUT2D eigenvalue weighted by molar-refractivity contribution is 1.28. The molecule has 0 fully saturated rings. The molecule has 0 aliphatic carbocycles. The Morgan fingerprint density at radius 2 is 1.75 bits per heavy atom. The number of nitrogens with two attached hydrogens (primary N) is 2. The minimum Gasteiger partial charge on any atom is -0.404 e. The molecule has 0 aromatic heterocycles. The van der Waals surface area contributed by atoms with E-state index < -0.39 is 0 Å². The van der Waals surface area contributed by atoms with Gasteiger partial charge in [-0.25, -0.2) is 0 Å². The van der Waals surface area contributed by atoms with Crippen molar-refractivity contribution in [3.63, 3.8) is 0 Å². The van der Waals surface area contributed by atoms with Gasteiger partial charge in [-0.15, -0.1) is 0 Å². The van der Waals surface area contributed by atoms with Crippen LogP contribution in [0.2, 0.25) is 0 Å². The van der Waals surface area contributed by atoms with Gasteiger partial charge in [0.2, 0.25) is 0 Å². The molecule has 0 bridgehead atoms. The molecule has 0 aromatic carbocycles. The Hall–Kier alpha value is -1.44. The first kappa shape index (κ1) is 10.6. The van der Waals surface area contributed by atoms with Crippen molar-refractivity contribution in [1.82, 2.24) is 0 Å². The van der Waals surface area contributed by atoms with Gasteiger partial charge in [0.15, 0.2) is 0 Å². The van der Waals surface area contributed by atoms with E-state index in [2.05, 4.69) is 13.2 Å². The van der Waals surface area contributed by atoms with Crippen LogP contribution in [0.25, 0.3) is 0 Å². The second-order valence-corrected chi connectivity index (χ2v) is 2.77. The van der Waals surface area contributed by atoms with Crippen LogP contribution in [-0.4, -0.2) is 0 Å². The maximum Gasteiger partial charge on any atom is 0.0317 e. The molecule has 4 N–H and O–H groups in total. The molecule has 0 aromatic rings. The highest BCUT2D eigenvalue weighted by atomic mass is 14.6. The Bertz CT molecular complexity index is 241. The molecule has 0 saturated carbocycles. The zero-order chi connectivity index (χ0) is 9.72. The Balaban J connectivity index is 4.87. The summed E-state index contributed by atoms with van der Waals surface area (Å²) in [5.41, 5.74) is 14.1. The van der Waals surface area contributed by atoms with E-state index in [-0.39, 0.29) is 0 Å². The van der Waals surface area contributed by atoms with Gasteiger partial charge in [-0.3, -0.25) is 0 Å². The first-order valence-corrected chi connectivity index (χ1v) is 3.70. The summed E-state index contributed by atoms with van der Waals surface area (Å²) < 4.78 is 0. The fourth-order valence-electron chi connectivity index (χ4n) is 0.766. The fraction of sp³-hybridized carbons (Fsp3) is 0.200. The van der Waals surface area contributed by atoms with Crippen LogP contribution in [0.15, 0.2) is 47.9 Å². The monoisotopic (exact) mass is 164 g/mol. The standard InChI is InChI=1S/C10H16N2/c1-7(2)10(9(4)12)5-8(3)6-11/h5-6H,1,4,11-12H2,2-3H3/b8-6-,10-5-. The molecular formula is C10H16N2. The van der Waals surface area contributed by atoms with Gasteiger partial charge >= 0.3 is 0 Å². The summed E-state index contributed by atoms with van der Waals surface area (Å²) in [6.07, 6.45) is 3.39. The SMILES string of the molecule is C=C(C)/C(=C/C(C)=C\N)C(=C)N. The highest BCUT2D eigenvalue weighted by Crippen LogP contribution is 2.14. The number of hydrogen-bond donors (Lipinski definition) is 2. The zero-order valence-corrected chi connectivity index (χ0v) is 7.72. The zero-order valence-electron chi connectivity index (χ0n) is 7.72. The molecule has 0 atom stereocenters. The summed E-state index contributed by atoms with van der Waals surface area (Å²) in [6, 6.07) is 0. The molecule has 0 heterocycles. The highest BCUT2D eigenvalue weighted by molar-refractivity contribution is 5.45. The van der Waals surface area contributed by atoms with Crippen molar-refractivity contribution in [3.8, 4) is 0 Å². The number of allylic oxidation sites excluding steroid dienone is 3. The van der Waals surface area contributed by atoms with E-state index in [4.69, 9.17) is 11.5 Å². The predicted molar refractivity (Wildman–Crippen MR) is 54.2 cm³/mol. The van der Waals surface area contributed by atoms with Crippen molar-refractivity contribution in [1.29, 1.82) is 0 Å². The van der Waals surface area contributed by atoms with Gasteiger partial charge in [-0.1, -0.05) is 13.2 Å². The molecule has 2 nitrogen and oxygen atoms in total. The van der Waals surface area contributed by atoms with Crippen LogP contribution in [0.5, 0.6) is 0 Å². The predicted octanol–water partition coefficient (Wildman–Crippen LogP) is 1.82. The molecule has 0 unspecified atom stereocenters. The van der Waals surface area contributed by atoms with E-state index in [9.17, 15) is 0 Å². The normalized spacial score (nSPS) is 12.8. The number of hydrogen-bond acceptors (Lipinski definition) is 2. The lowest BCUT2D eigenvalue weighted by Gasteiger charge is -2.05. The van der Waals surface area contributed by atoms with E-state index in [1.54, 1.807) is 0 Å². The Kier molecular flexibility index (Phi) is 3.91. The maximum atomic E-state index is 5.55. The van der Waals surface area contributed by atoms with Crippen molar-refractivity contribution in [2.45, 2.75) is 13.8 Å². The molecule has 0 radical (unpaired) electrons. The van der Waals surface area contributed by atoms with Gasteiger partial charge in [-0.2, -0.15) is 0 Å². The average molecular weight is 164 g/mol. The molecule has 2 heteroatoms. The van der Waals surface area contributed by atoms with Gasteiger partial charge < -0.3 is 11.5 Å². The topological polar surface area (TPSA) is 52.0 Å². The summed E-state index contributed by atoms with van der Waals surface area (Å²) in [5.74, 6) is 0. The molecular weight excluding hydrogens is 148 g/mol. The quantitative estimate of drug-likeness (QED) is 0.625. The van der Waals surface area contributed by atoms with Gasteiger partial charge in [0.05, 0.1) is 0 Å². The van der Waals surface area contributed by atoms with E-state index in [0.29, 0.717) is 5.70 Å². The molecule has 0 amide bonds. The van der Waals surface area contributed by atoms with Crippen LogP contribution in [-0.2, 0) is 0 Å². The van der Waals surface area contributed by atoms with Crippen LogP contribution < -0.4 is 11.5 Å². The van der Waals surface area contributed by atoms with E-state index in [1.807, 2.05) is 19.9 Å². The maximum absolute atomic E-state index is 5.55. The van der Waals surface area contributed by atoms with Crippen LogP contribution >= 0.6 is 0 Å². The minimum atomic E-state index is 0.517. The fourth-order valence-corrected chi connectivity index (χ4v) is 0.766. The van der Waals surface area contributed by atoms with Crippen molar-refractivity contribution in [3.05, 3.63) is 47.9 Å². The van der Waals surface area contributed by atoms with Crippen molar-refractivity contribution in [2.24, 2.45) is 11.5 Å². The molecule has 0 aliphatic heterocycles. The van der Waals surface area contributed by atoms with Crippen LogP contribution in [0.3, 0.4) is 0 Å². The lowest BCUT2D eigenvalue weighted by atomic mass is 10.0.